The van der Waals surface area contributed by atoms with Crippen LogP contribution in [0.4, 0.5) is 0 Å². The van der Waals surface area contributed by atoms with Gasteiger partial charge in [-0.3, -0.25) is 0 Å². The highest BCUT2D eigenvalue weighted by Crippen LogP contribution is 2.11. The molecular formula is C15H22O8. The fourth-order valence-electron chi connectivity index (χ4n) is 1.31. The Morgan fingerprint density at radius 1 is 0.870 bits per heavy atom. The van der Waals surface area contributed by atoms with Crippen LogP contribution < -0.4 is 0 Å². The van der Waals surface area contributed by atoms with E-state index < -0.39 is 43.8 Å². The summed E-state index contributed by atoms with van der Waals surface area (Å²) in [5.74, 6) is -0.952. The average Bonchev–Trinajstić information content (AvgIpc) is 2.63. The van der Waals surface area contributed by atoms with Crippen molar-refractivity contribution in [2.75, 3.05) is 40.6 Å². The van der Waals surface area contributed by atoms with E-state index in [1.54, 1.807) is 18.2 Å². The van der Waals surface area contributed by atoms with Gasteiger partial charge in [-0.15, -0.1) is 0 Å². The number of hydrogen-bond acceptors (Lipinski definition) is 8. The zero-order valence-corrected chi connectivity index (χ0v) is 13.1. The third kappa shape index (κ3) is 6.33. The number of carbonyl (C=O) groups excluding carboxylic acids is 2. The molecule has 0 spiro atoms. The molecule has 0 aromatic heterocycles. The summed E-state index contributed by atoms with van der Waals surface area (Å²) in [6.07, 6.45) is 0. The third-order valence-electron chi connectivity index (χ3n) is 3.05. The van der Waals surface area contributed by atoms with Crippen LogP contribution in [0.15, 0.2) is 24.3 Å². The van der Waals surface area contributed by atoms with E-state index in [0.717, 1.165) is 0 Å². The Bertz CT molecular complexity index is 447. The summed E-state index contributed by atoms with van der Waals surface area (Å²) in [4.78, 5) is 22.2. The first-order valence-corrected chi connectivity index (χ1v) is 6.63. The van der Waals surface area contributed by atoms with Crippen molar-refractivity contribution >= 4 is 11.9 Å². The van der Waals surface area contributed by atoms with Crippen LogP contribution in [-0.4, -0.2) is 73.0 Å². The van der Waals surface area contributed by atoms with E-state index in [4.69, 9.17) is 20.4 Å². The molecule has 4 N–H and O–H groups in total. The topological polar surface area (TPSA) is 134 Å². The molecule has 0 saturated heterocycles. The predicted molar refractivity (Wildman–Crippen MR) is 79.9 cm³/mol. The lowest BCUT2D eigenvalue weighted by Gasteiger charge is -2.23. The van der Waals surface area contributed by atoms with Crippen LogP contribution in [0.1, 0.15) is 20.7 Å². The number of esters is 2. The van der Waals surface area contributed by atoms with Gasteiger partial charge in [-0.2, -0.15) is 0 Å². The van der Waals surface area contributed by atoms with Gasteiger partial charge in [-0.1, -0.05) is 6.07 Å². The van der Waals surface area contributed by atoms with E-state index >= 15 is 0 Å². The maximum absolute atomic E-state index is 11.1. The van der Waals surface area contributed by atoms with Crippen molar-refractivity contribution in [1.29, 1.82) is 0 Å². The molecule has 0 amide bonds. The second kappa shape index (κ2) is 10.7. The molecule has 0 aliphatic carbocycles. The highest BCUT2D eigenvalue weighted by molar-refractivity contribution is 5.95. The van der Waals surface area contributed by atoms with Crippen molar-refractivity contribution < 1.29 is 39.5 Å². The van der Waals surface area contributed by atoms with Crippen molar-refractivity contribution in [1.82, 2.24) is 0 Å². The molecule has 23 heavy (non-hydrogen) atoms. The smallest absolute Gasteiger partial charge is 0.337 e. The van der Waals surface area contributed by atoms with Crippen molar-refractivity contribution in [2.24, 2.45) is 5.41 Å². The van der Waals surface area contributed by atoms with Gasteiger partial charge in [0.2, 0.25) is 0 Å². The molecule has 0 heterocycles. The monoisotopic (exact) mass is 330 g/mol. The van der Waals surface area contributed by atoms with E-state index in [1.807, 2.05) is 0 Å². The zero-order valence-electron chi connectivity index (χ0n) is 13.1. The van der Waals surface area contributed by atoms with Gasteiger partial charge < -0.3 is 29.9 Å². The molecule has 0 bridgehead atoms. The minimum absolute atomic E-state index is 0.329. The van der Waals surface area contributed by atoms with Gasteiger partial charge >= 0.3 is 11.9 Å². The molecule has 0 fully saturated rings. The van der Waals surface area contributed by atoms with Gasteiger partial charge in [0.15, 0.2) is 0 Å². The standard InChI is InChI=1S/C10H10O4.C5H12O4/c1-13-9(11)7-4-3-5-8(6-7)10(12)14-2;6-1-5(2-7,3-8)4-9/h3-6H,1-2H3;6-9H,1-4H2. The number of aliphatic hydroxyl groups is 4. The molecule has 0 aliphatic rings. The molecule has 1 rings (SSSR count). The molecule has 0 unspecified atom stereocenters. The number of aliphatic hydroxyl groups excluding tert-OH is 4. The highest BCUT2D eigenvalue weighted by atomic mass is 16.5. The van der Waals surface area contributed by atoms with Crippen LogP contribution >= 0.6 is 0 Å². The Morgan fingerprint density at radius 2 is 1.22 bits per heavy atom. The van der Waals surface area contributed by atoms with Crippen molar-refractivity contribution in [3.63, 3.8) is 0 Å². The molecule has 130 valence electrons. The number of methoxy groups -OCH3 is 2. The average molecular weight is 330 g/mol. The lowest BCUT2D eigenvalue weighted by atomic mass is 9.93. The summed E-state index contributed by atoms with van der Waals surface area (Å²) in [5.41, 5.74) is -0.453. The summed E-state index contributed by atoms with van der Waals surface area (Å²) in [5, 5.41) is 34.0. The Morgan fingerprint density at radius 3 is 1.43 bits per heavy atom. The van der Waals surface area contributed by atoms with Crippen molar-refractivity contribution in [3.05, 3.63) is 35.4 Å². The zero-order chi connectivity index (χ0) is 17.9. The molecule has 8 nitrogen and oxygen atoms in total. The fraction of sp³-hybridized carbons (Fsp3) is 0.467. The Hall–Kier alpha value is -2.00. The molecule has 1 aromatic rings. The number of hydrogen-bond donors (Lipinski definition) is 4. The van der Waals surface area contributed by atoms with Crippen LogP contribution in [0.2, 0.25) is 0 Å². The first-order chi connectivity index (χ1) is 10.9. The minimum atomic E-state index is -1.11. The number of rotatable bonds is 6. The molecule has 0 radical (unpaired) electrons. The van der Waals surface area contributed by atoms with E-state index in [2.05, 4.69) is 9.47 Å². The van der Waals surface area contributed by atoms with Gasteiger partial charge in [-0.25, -0.2) is 9.59 Å². The van der Waals surface area contributed by atoms with E-state index in [0.29, 0.717) is 11.1 Å². The fourth-order valence-corrected chi connectivity index (χ4v) is 1.31. The summed E-state index contributed by atoms with van der Waals surface area (Å²) < 4.78 is 9.03. The lowest BCUT2D eigenvalue weighted by molar-refractivity contribution is -0.0328. The maximum atomic E-state index is 11.1. The maximum Gasteiger partial charge on any atom is 0.337 e. The Kier molecular flexibility index (Phi) is 9.75. The summed E-state index contributed by atoms with van der Waals surface area (Å²) in [7, 11) is 2.57. The quantitative estimate of drug-likeness (QED) is 0.498. The first-order valence-electron chi connectivity index (χ1n) is 6.63. The molecule has 8 heteroatoms. The minimum Gasteiger partial charge on any atom is -0.465 e. The number of benzene rings is 1. The van der Waals surface area contributed by atoms with Crippen LogP contribution in [0.5, 0.6) is 0 Å². The van der Waals surface area contributed by atoms with Crippen LogP contribution in [0.3, 0.4) is 0 Å². The number of ether oxygens (including phenoxy) is 2. The largest absolute Gasteiger partial charge is 0.465 e. The summed E-state index contributed by atoms with van der Waals surface area (Å²) in [6, 6.07) is 6.16. The van der Waals surface area contributed by atoms with Gasteiger partial charge in [-0.05, 0) is 18.2 Å². The van der Waals surface area contributed by atoms with Crippen molar-refractivity contribution in [3.8, 4) is 0 Å². The highest BCUT2D eigenvalue weighted by Gasteiger charge is 2.26. The molecular weight excluding hydrogens is 308 g/mol. The summed E-state index contributed by atoms with van der Waals surface area (Å²) >= 11 is 0. The van der Waals surface area contributed by atoms with Crippen LogP contribution in [0.25, 0.3) is 0 Å². The van der Waals surface area contributed by atoms with Gasteiger partial charge in [0.25, 0.3) is 0 Å². The Labute approximate surface area is 133 Å². The SMILES string of the molecule is COC(=O)c1cccc(C(=O)OC)c1.OCC(CO)(CO)CO. The predicted octanol–water partition coefficient (Wildman–Crippen LogP) is -0.798. The second-order valence-corrected chi connectivity index (χ2v) is 4.70. The first kappa shape index (κ1) is 21.0. The normalized spacial score (nSPS) is 10.3. The third-order valence-corrected chi connectivity index (χ3v) is 3.05. The molecule has 0 atom stereocenters. The van der Waals surface area contributed by atoms with E-state index in [1.165, 1.54) is 20.3 Å². The Balaban J connectivity index is 0.000000468. The van der Waals surface area contributed by atoms with Gasteiger partial charge in [0.05, 0.1) is 57.2 Å². The summed E-state index contributed by atoms with van der Waals surface area (Å²) in [6.45, 7) is -1.62. The van der Waals surface area contributed by atoms with Gasteiger partial charge in [0.1, 0.15) is 0 Å². The molecule has 0 aliphatic heterocycles. The lowest BCUT2D eigenvalue weighted by Crippen LogP contribution is -2.37. The van der Waals surface area contributed by atoms with Crippen LogP contribution in [0, 0.1) is 5.41 Å². The van der Waals surface area contributed by atoms with Gasteiger partial charge in [0, 0.05) is 0 Å². The molecule has 0 saturated carbocycles. The van der Waals surface area contributed by atoms with E-state index in [9.17, 15) is 9.59 Å². The van der Waals surface area contributed by atoms with Crippen molar-refractivity contribution in [2.45, 2.75) is 0 Å². The molecule has 1 aromatic carbocycles. The second-order valence-electron chi connectivity index (χ2n) is 4.70. The number of carbonyl (C=O) groups is 2. The van der Waals surface area contributed by atoms with E-state index in [-0.39, 0.29) is 0 Å². The van der Waals surface area contributed by atoms with Crippen LogP contribution in [-0.2, 0) is 9.47 Å².